The molecule has 0 spiro atoms. The van der Waals surface area contributed by atoms with Crippen molar-refractivity contribution >= 4 is 0 Å². The first-order valence-corrected chi connectivity index (χ1v) is 7.32. The summed E-state index contributed by atoms with van der Waals surface area (Å²) in [7, 11) is 2.21. The third-order valence-corrected chi connectivity index (χ3v) is 3.91. The molecule has 3 nitrogen and oxygen atoms in total. The second-order valence-corrected chi connectivity index (χ2v) is 5.59. The first-order valence-electron chi connectivity index (χ1n) is 7.32. The van der Waals surface area contributed by atoms with E-state index in [1.165, 1.54) is 25.1 Å². The Hall–Kier alpha value is -1.06. The Kier molecular flexibility index (Phi) is 5.23. The van der Waals surface area contributed by atoms with Crippen molar-refractivity contribution in [3.8, 4) is 5.75 Å². The molecule has 1 aromatic carbocycles. The van der Waals surface area contributed by atoms with Crippen LogP contribution in [0.3, 0.4) is 0 Å². The largest absolute Gasteiger partial charge is 0.494 e. The van der Waals surface area contributed by atoms with Crippen molar-refractivity contribution < 1.29 is 4.74 Å². The summed E-state index contributed by atoms with van der Waals surface area (Å²) in [6.45, 7) is 8.42. The molecule has 1 fully saturated rings. The van der Waals surface area contributed by atoms with Gasteiger partial charge in [0, 0.05) is 19.1 Å². The van der Waals surface area contributed by atoms with Gasteiger partial charge in [-0.2, -0.15) is 0 Å². The van der Waals surface area contributed by atoms with Gasteiger partial charge in [-0.15, -0.1) is 0 Å². The van der Waals surface area contributed by atoms with Crippen LogP contribution in [0.2, 0.25) is 0 Å². The average molecular weight is 262 g/mol. The van der Waals surface area contributed by atoms with E-state index in [0.29, 0.717) is 6.04 Å². The third-order valence-electron chi connectivity index (χ3n) is 3.91. The molecule has 1 aliphatic rings. The van der Waals surface area contributed by atoms with E-state index in [0.717, 1.165) is 24.8 Å². The predicted octanol–water partition coefficient (Wildman–Crippen LogP) is 2.52. The number of nitrogens with one attached hydrogen (secondary N) is 1. The van der Waals surface area contributed by atoms with Crippen LogP contribution in [0.25, 0.3) is 0 Å². The molecule has 0 saturated carbocycles. The molecule has 1 saturated heterocycles. The molecule has 0 radical (unpaired) electrons. The highest BCUT2D eigenvalue weighted by molar-refractivity contribution is 5.27. The lowest BCUT2D eigenvalue weighted by Gasteiger charge is -2.35. The molecule has 0 amide bonds. The molecule has 1 aliphatic heterocycles. The molecule has 3 heteroatoms. The number of ether oxygens (including phenoxy) is 1. The minimum atomic E-state index is 0.641. The van der Waals surface area contributed by atoms with Crippen molar-refractivity contribution in [3.05, 3.63) is 29.8 Å². The summed E-state index contributed by atoms with van der Waals surface area (Å²) in [4.78, 5) is 2.42. The van der Waals surface area contributed by atoms with Crippen molar-refractivity contribution in [2.45, 2.75) is 32.9 Å². The van der Waals surface area contributed by atoms with Gasteiger partial charge in [-0.05, 0) is 50.6 Å². The fourth-order valence-electron chi connectivity index (χ4n) is 2.78. The van der Waals surface area contributed by atoms with Crippen LogP contribution in [0.1, 0.15) is 25.8 Å². The Labute approximate surface area is 116 Å². The number of hydrogen-bond acceptors (Lipinski definition) is 3. The van der Waals surface area contributed by atoms with Crippen LogP contribution in [-0.4, -0.2) is 37.7 Å². The molecule has 2 rings (SSSR count). The maximum absolute atomic E-state index is 5.46. The van der Waals surface area contributed by atoms with Crippen LogP contribution < -0.4 is 10.1 Å². The van der Waals surface area contributed by atoms with E-state index < -0.39 is 0 Å². The van der Waals surface area contributed by atoms with Gasteiger partial charge in [0.15, 0.2) is 0 Å². The summed E-state index contributed by atoms with van der Waals surface area (Å²) in [5.74, 6) is 1.68. The average Bonchev–Trinajstić information content (AvgIpc) is 2.40. The molecule has 0 aromatic heterocycles. The Morgan fingerprint density at radius 1 is 1.32 bits per heavy atom. The topological polar surface area (TPSA) is 24.5 Å². The van der Waals surface area contributed by atoms with Gasteiger partial charge < -0.3 is 15.0 Å². The van der Waals surface area contributed by atoms with Crippen LogP contribution in [0.4, 0.5) is 0 Å². The van der Waals surface area contributed by atoms with E-state index in [4.69, 9.17) is 4.74 Å². The molecule has 0 aliphatic carbocycles. The van der Waals surface area contributed by atoms with E-state index in [9.17, 15) is 0 Å². The molecule has 1 heterocycles. The molecular weight excluding hydrogens is 236 g/mol. The number of hydrogen-bond donors (Lipinski definition) is 1. The Balaban J connectivity index is 1.81. The second kappa shape index (κ2) is 6.92. The van der Waals surface area contributed by atoms with E-state index in [2.05, 4.69) is 48.5 Å². The van der Waals surface area contributed by atoms with Crippen molar-refractivity contribution in [2.75, 3.05) is 26.7 Å². The lowest BCUT2D eigenvalue weighted by molar-refractivity contribution is 0.174. The number of benzene rings is 1. The zero-order chi connectivity index (χ0) is 13.7. The summed E-state index contributed by atoms with van der Waals surface area (Å²) < 4.78 is 5.46. The first-order chi connectivity index (χ1) is 9.19. The lowest BCUT2D eigenvalue weighted by atomic mass is 9.94. The smallest absolute Gasteiger partial charge is 0.119 e. The Bertz CT molecular complexity index is 377. The zero-order valence-electron chi connectivity index (χ0n) is 12.4. The van der Waals surface area contributed by atoms with Crippen molar-refractivity contribution in [1.29, 1.82) is 0 Å². The summed E-state index contributed by atoms with van der Waals surface area (Å²) in [5, 5.41) is 3.69. The molecule has 106 valence electrons. The fourth-order valence-corrected chi connectivity index (χ4v) is 2.78. The SMILES string of the molecule is CCOc1ccc(CNC2CCN(C)CC2C)cc1. The van der Waals surface area contributed by atoms with E-state index in [1.807, 2.05) is 6.92 Å². The normalized spacial score (nSPS) is 24.4. The number of piperidine rings is 1. The van der Waals surface area contributed by atoms with Gasteiger partial charge >= 0.3 is 0 Å². The predicted molar refractivity (Wildman–Crippen MR) is 79.5 cm³/mol. The van der Waals surface area contributed by atoms with Crippen LogP contribution in [0, 0.1) is 5.92 Å². The van der Waals surface area contributed by atoms with E-state index in [1.54, 1.807) is 0 Å². The minimum Gasteiger partial charge on any atom is -0.494 e. The van der Waals surface area contributed by atoms with Crippen LogP contribution >= 0.6 is 0 Å². The number of nitrogens with zero attached hydrogens (tertiary/aromatic N) is 1. The summed E-state index contributed by atoms with van der Waals surface area (Å²) in [6, 6.07) is 9.05. The molecule has 0 bridgehead atoms. The first kappa shape index (κ1) is 14.4. The number of rotatable bonds is 5. The molecular formula is C16H26N2O. The minimum absolute atomic E-state index is 0.641. The lowest BCUT2D eigenvalue weighted by Crippen LogP contribution is -2.46. The zero-order valence-corrected chi connectivity index (χ0v) is 12.4. The van der Waals surface area contributed by atoms with Crippen LogP contribution in [-0.2, 0) is 6.54 Å². The molecule has 1 aromatic rings. The molecule has 1 N–H and O–H groups in total. The standard InChI is InChI=1S/C16H26N2O/c1-4-19-15-7-5-14(6-8-15)11-17-16-9-10-18(3)12-13(16)2/h5-8,13,16-17H,4,9-12H2,1-3H3. The van der Waals surface area contributed by atoms with Gasteiger partial charge in [0.1, 0.15) is 5.75 Å². The molecule has 2 atom stereocenters. The summed E-state index contributed by atoms with van der Waals surface area (Å²) in [5.41, 5.74) is 1.33. The number of likely N-dealkylation sites (tertiary alicyclic amines) is 1. The highest BCUT2D eigenvalue weighted by atomic mass is 16.5. The second-order valence-electron chi connectivity index (χ2n) is 5.59. The molecule has 2 unspecified atom stereocenters. The highest BCUT2D eigenvalue weighted by Gasteiger charge is 2.23. The van der Waals surface area contributed by atoms with Crippen LogP contribution in [0.15, 0.2) is 24.3 Å². The van der Waals surface area contributed by atoms with E-state index >= 15 is 0 Å². The quantitative estimate of drug-likeness (QED) is 0.882. The van der Waals surface area contributed by atoms with E-state index in [-0.39, 0.29) is 0 Å². The van der Waals surface area contributed by atoms with Gasteiger partial charge in [0.05, 0.1) is 6.61 Å². The van der Waals surface area contributed by atoms with Gasteiger partial charge in [-0.1, -0.05) is 19.1 Å². The van der Waals surface area contributed by atoms with Crippen molar-refractivity contribution in [1.82, 2.24) is 10.2 Å². The van der Waals surface area contributed by atoms with Gasteiger partial charge in [0.25, 0.3) is 0 Å². The maximum atomic E-state index is 5.46. The van der Waals surface area contributed by atoms with Crippen molar-refractivity contribution in [2.24, 2.45) is 5.92 Å². The Morgan fingerprint density at radius 2 is 2.05 bits per heavy atom. The highest BCUT2D eigenvalue weighted by Crippen LogP contribution is 2.17. The van der Waals surface area contributed by atoms with Gasteiger partial charge in [-0.25, -0.2) is 0 Å². The molecule has 19 heavy (non-hydrogen) atoms. The van der Waals surface area contributed by atoms with Gasteiger partial charge in [-0.3, -0.25) is 0 Å². The van der Waals surface area contributed by atoms with Crippen LogP contribution in [0.5, 0.6) is 5.75 Å². The fraction of sp³-hybridized carbons (Fsp3) is 0.625. The summed E-state index contributed by atoms with van der Waals surface area (Å²) in [6.07, 6.45) is 1.24. The summed E-state index contributed by atoms with van der Waals surface area (Å²) >= 11 is 0. The van der Waals surface area contributed by atoms with Gasteiger partial charge in [0.2, 0.25) is 0 Å². The maximum Gasteiger partial charge on any atom is 0.119 e. The third kappa shape index (κ3) is 4.22. The monoisotopic (exact) mass is 262 g/mol. The Morgan fingerprint density at radius 3 is 2.68 bits per heavy atom. The van der Waals surface area contributed by atoms with Crippen molar-refractivity contribution in [3.63, 3.8) is 0 Å².